The molecule has 2 heterocycles. The minimum absolute atomic E-state index is 0.00502. The second-order valence-corrected chi connectivity index (χ2v) is 5.67. The molecule has 0 spiro atoms. The third-order valence-electron chi connectivity index (χ3n) is 3.68. The van der Waals surface area contributed by atoms with Crippen molar-refractivity contribution in [2.45, 2.75) is 32.1 Å². The smallest absolute Gasteiger partial charge is 0.337 e. The summed E-state index contributed by atoms with van der Waals surface area (Å²) in [6.07, 6.45) is 2.09. The fourth-order valence-electron chi connectivity index (χ4n) is 2.39. The average molecular weight is 274 g/mol. The number of fused-ring (bicyclic) bond motifs is 1. The van der Waals surface area contributed by atoms with E-state index in [1.54, 1.807) is 0 Å². The summed E-state index contributed by atoms with van der Waals surface area (Å²) in [6, 6.07) is 1.33. The van der Waals surface area contributed by atoms with Gasteiger partial charge in [-0.05, 0) is 30.1 Å². The standard InChI is InChI=1S/C13H15BN2O4/c1-6(14)8-4-9(17)20-11-10(8)12(18)16(13(19)15-11)5-7-2-3-7/h4,6-7H,2-3,5,14H2,1H3,(H,15,19)/t6-/m1/s1. The van der Waals surface area contributed by atoms with Crippen LogP contribution in [0.5, 0.6) is 0 Å². The summed E-state index contributed by atoms with van der Waals surface area (Å²) < 4.78 is 6.18. The predicted molar refractivity (Wildman–Crippen MR) is 77.0 cm³/mol. The molecule has 1 atom stereocenters. The van der Waals surface area contributed by atoms with E-state index >= 15 is 0 Å². The molecule has 0 radical (unpaired) electrons. The molecule has 0 unspecified atom stereocenters. The van der Waals surface area contributed by atoms with E-state index in [1.807, 2.05) is 14.8 Å². The van der Waals surface area contributed by atoms with Gasteiger partial charge in [0.25, 0.3) is 5.56 Å². The quantitative estimate of drug-likeness (QED) is 0.782. The molecule has 1 fully saturated rings. The third-order valence-corrected chi connectivity index (χ3v) is 3.68. The first kappa shape index (κ1) is 13.0. The van der Waals surface area contributed by atoms with Gasteiger partial charge in [0.2, 0.25) is 5.71 Å². The molecule has 1 aliphatic carbocycles. The molecule has 1 aliphatic rings. The molecule has 0 aliphatic heterocycles. The Bertz CT molecular complexity index is 842. The molecular formula is C13H15BN2O4. The highest BCUT2D eigenvalue weighted by Crippen LogP contribution is 2.29. The molecule has 7 heteroatoms. The Morgan fingerprint density at radius 1 is 1.45 bits per heavy atom. The first-order chi connectivity index (χ1) is 9.47. The SMILES string of the molecule is B[C@H](C)c1cc(=O)oc2[nH]c(=O)n(CC3CC3)c(=O)c12. The van der Waals surface area contributed by atoms with Gasteiger partial charge in [-0.25, -0.2) is 9.59 Å². The highest BCUT2D eigenvalue weighted by Gasteiger charge is 2.24. The van der Waals surface area contributed by atoms with E-state index in [0.29, 0.717) is 23.4 Å². The van der Waals surface area contributed by atoms with Crippen molar-refractivity contribution in [2.24, 2.45) is 5.92 Å². The Morgan fingerprint density at radius 3 is 2.75 bits per heavy atom. The zero-order valence-electron chi connectivity index (χ0n) is 11.4. The largest absolute Gasteiger partial charge is 0.405 e. The number of hydrogen-bond donors (Lipinski definition) is 1. The van der Waals surface area contributed by atoms with Crippen molar-refractivity contribution in [3.05, 3.63) is 42.9 Å². The lowest BCUT2D eigenvalue weighted by Gasteiger charge is -2.10. The Balaban J connectivity index is 2.37. The molecule has 2 aromatic rings. The molecule has 0 saturated heterocycles. The van der Waals surface area contributed by atoms with Crippen molar-refractivity contribution >= 4 is 18.9 Å². The fourth-order valence-corrected chi connectivity index (χ4v) is 2.39. The van der Waals surface area contributed by atoms with Crippen LogP contribution in [-0.4, -0.2) is 17.4 Å². The molecule has 1 N–H and O–H groups in total. The highest BCUT2D eigenvalue weighted by molar-refractivity contribution is 6.13. The van der Waals surface area contributed by atoms with Crippen molar-refractivity contribution in [1.29, 1.82) is 0 Å². The molecule has 0 amide bonds. The molecular weight excluding hydrogens is 259 g/mol. The molecule has 2 aromatic heterocycles. The molecule has 1 saturated carbocycles. The summed E-state index contributed by atoms with van der Waals surface area (Å²) >= 11 is 0. The number of aromatic amines is 1. The number of aromatic nitrogens is 2. The number of rotatable bonds is 3. The summed E-state index contributed by atoms with van der Waals surface area (Å²) in [7, 11) is 1.89. The van der Waals surface area contributed by atoms with Crippen molar-refractivity contribution in [1.82, 2.24) is 9.55 Å². The van der Waals surface area contributed by atoms with Crippen LogP contribution in [0.3, 0.4) is 0 Å². The maximum absolute atomic E-state index is 12.5. The first-order valence-corrected chi connectivity index (χ1v) is 6.78. The molecule has 0 bridgehead atoms. The van der Waals surface area contributed by atoms with Crippen LogP contribution in [0.2, 0.25) is 0 Å². The Labute approximate surface area is 114 Å². The number of nitrogens with one attached hydrogen (secondary N) is 1. The van der Waals surface area contributed by atoms with E-state index in [4.69, 9.17) is 4.42 Å². The fraction of sp³-hybridized carbons (Fsp3) is 0.462. The van der Waals surface area contributed by atoms with Crippen molar-refractivity contribution in [3.63, 3.8) is 0 Å². The molecule has 20 heavy (non-hydrogen) atoms. The maximum atomic E-state index is 12.5. The second-order valence-electron chi connectivity index (χ2n) is 5.67. The predicted octanol–water partition coefficient (Wildman–Crippen LogP) is -0.253. The van der Waals surface area contributed by atoms with Crippen LogP contribution in [0, 0.1) is 5.92 Å². The van der Waals surface area contributed by atoms with Crippen LogP contribution in [0.4, 0.5) is 0 Å². The van der Waals surface area contributed by atoms with Gasteiger partial charge in [-0.3, -0.25) is 14.3 Å². The van der Waals surface area contributed by atoms with Crippen LogP contribution in [0.1, 0.15) is 31.1 Å². The van der Waals surface area contributed by atoms with E-state index in [-0.39, 0.29) is 17.1 Å². The van der Waals surface area contributed by atoms with Gasteiger partial charge in [0.1, 0.15) is 13.2 Å². The Morgan fingerprint density at radius 2 is 2.15 bits per heavy atom. The zero-order valence-corrected chi connectivity index (χ0v) is 11.4. The summed E-state index contributed by atoms with van der Waals surface area (Å²) in [5, 5.41) is 0.305. The maximum Gasteiger partial charge on any atom is 0.337 e. The highest BCUT2D eigenvalue weighted by atomic mass is 16.4. The second kappa shape index (κ2) is 4.50. The number of H-pyrrole nitrogens is 1. The first-order valence-electron chi connectivity index (χ1n) is 6.78. The summed E-state index contributed by atoms with van der Waals surface area (Å²) in [5.74, 6) is 0.402. The summed E-state index contributed by atoms with van der Waals surface area (Å²) in [4.78, 5) is 38.5. The van der Waals surface area contributed by atoms with Crippen LogP contribution < -0.4 is 16.9 Å². The van der Waals surface area contributed by atoms with Crippen LogP contribution in [0.25, 0.3) is 11.1 Å². The molecule has 6 nitrogen and oxygen atoms in total. The van der Waals surface area contributed by atoms with Crippen LogP contribution in [-0.2, 0) is 6.54 Å². The van der Waals surface area contributed by atoms with Gasteiger partial charge in [-0.1, -0.05) is 6.92 Å². The Kier molecular flexibility index (Phi) is 2.92. The van der Waals surface area contributed by atoms with Crippen LogP contribution in [0.15, 0.2) is 24.9 Å². The summed E-state index contributed by atoms with van der Waals surface area (Å²) in [6.45, 7) is 2.32. The van der Waals surface area contributed by atoms with Crippen molar-refractivity contribution in [3.8, 4) is 0 Å². The zero-order chi connectivity index (χ0) is 14.4. The van der Waals surface area contributed by atoms with Gasteiger partial charge in [0.05, 0.1) is 0 Å². The van der Waals surface area contributed by atoms with Gasteiger partial charge >= 0.3 is 11.3 Å². The minimum Gasteiger partial charge on any atom is -0.405 e. The van der Waals surface area contributed by atoms with Gasteiger partial charge in [-0.15, -0.1) is 0 Å². The molecule has 3 rings (SSSR count). The lowest BCUT2D eigenvalue weighted by atomic mass is 9.82. The normalized spacial score (nSPS) is 16.4. The molecule has 0 aromatic carbocycles. The van der Waals surface area contributed by atoms with Crippen LogP contribution >= 0.6 is 0 Å². The van der Waals surface area contributed by atoms with Gasteiger partial charge < -0.3 is 4.42 Å². The van der Waals surface area contributed by atoms with E-state index in [9.17, 15) is 14.4 Å². The number of hydrogen-bond acceptors (Lipinski definition) is 4. The van der Waals surface area contributed by atoms with E-state index in [1.165, 1.54) is 10.6 Å². The topological polar surface area (TPSA) is 85.1 Å². The van der Waals surface area contributed by atoms with E-state index < -0.39 is 11.3 Å². The number of nitrogens with zero attached hydrogens (tertiary/aromatic N) is 1. The summed E-state index contributed by atoms with van der Waals surface area (Å²) in [5.41, 5.74) is -0.858. The van der Waals surface area contributed by atoms with Gasteiger partial charge in [-0.2, -0.15) is 0 Å². The average Bonchev–Trinajstić information content (AvgIpc) is 3.16. The monoisotopic (exact) mass is 274 g/mol. The Hall–Kier alpha value is -2.05. The van der Waals surface area contributed by atoms with Gasteiger partial charge in [0, 0.05) is 12.6 Å². The van der Waals surface area contributed by atoms with Crippen molar-refractivity contribution < 1.29 is 4.42 Å². The van der Waals surface area contributed by atoms with E-state index in [2.05, 4.69) is 4.98 Å². The van der Waals surface area contributed by atoms with E-state index in [0.717, 1.165) is 12.8 Å². The van der Waals surface area contributed by atoms with Gasteiger partial charge in [0.15, 0.2) is 0 Å². The lowest BCUT2D eigenvalue weighted by Crippen LogP contribution is -2.36. The third kappa shape index (κ3) is 2.13. The minimum atomic E-state index is -0.559. The van der Waals surface area contributed by atoms with Crippen molar-refractivity contribution in [2.75, 3.05) is 0 Å². The lowest BCUT2D eigenvalue weighted by molar-refractivity contribution is 0.528. The molecule has 104 valence electrons.